The first kappa shape index (κ1) is 14.3. The van der Waals surface area contributed by atoms with Crippen molar-refractivity contribution in [2.75, 3.05) is 12.4 Å². The summed E-state index contributed by atoms with van der Waals surface area (Å²) in [4.78, 5) is 23.3. The summed E-state index contributed by atoms with van der Waals surface area (Å²) in [5, 5.41) is 5.51. The molecule has 22 heavy (non-hydrogen) atoms. The molecule has 2 amide bonds. The van der Waals surface area contributed by atoms with Gasteiger partial charge in [-0.3, -0.25) is 9.59 Å². The Hall–Kier alpha value is -2.62. The van der Waals surface area contributed by atoms with E-state index in [1.165, 1.54) is 0 Å². The lowest BCUT2D eigenvalue weighted by atomic mass is 9.92. The van der Waals surface area contributed by atoms with E-state index in [1.54, 1.807) is 7.05 Å². The molecule has 2 aromatic rings. The van der Waals surface area contributed by atoms with Gasteiger partial charge in [-0.1, -0.05) is 24.3 Å². The van der Waals surface area contributed by atoms with Gasteiger partial charge in [0.15, 0.2) is 0 Å². The molecule has 3 rings (SSSR count). The van der Waals surface area contributed by atoms with E-state index in [9.17, 15) is 9.59 Å². The molecular weight excluding hydrogens is 276 g/mol. The number of benzene rings is 2. The lowest BCUT2D eigenvalue weighted by Gasteiger charge is -2.13. The average molecular weight is 294 g/mol. The molecule has 0 aliphatic carbocycles. The van der Waals surface area contributed by atoms with Crippen LogP contribution >= 0.6 is 0 Å². The maximum absolute atomic E-state index is 11.8. The van der Waals surface area contributed by atoms with E-state index in [2.05, 4.69) is 10.6 Å². The van der Waals surface area contributed by atoms with Crippen LogP contribution in [0.3, 0.4) is 0 Å². The number of carbonyl (C=O) groups is 2. The SMILES string of the molecule is CNC(=O)Cc1c(C)cccc1-c1ccc2c(c1)CC(=O)N2. The van der Waals surface area contributed by atoms with Crippen LogP contribution in [0.5, 0.6) is 0 Å². The zero-order chi connectivity index (χ0) is 15.7. The number of aryl methyl sites for hydroxylation is 1. The fourth-order valence-electron chi connectivity index (χ4n) is 2.85. The summed E-state index contributed by atoms with van der Waals surface area (Å²) in [5.74, 6) is 0.0236. The van der Waals surface area contributed by atoms with Crippen LogP contribution in [0.15, 0.2) is 36.4 Å². The standard InChI is InChI=1S/C18H18N2O2/c1-11-4-3-5-14(15(11)10-17(21)19-2)12-6-7-16-13(8-12)9-18(22)20-16/h3-8H,9-10H2,1-2H3,(H,19,21)(H,20,22). The monoisotopic (exact) mass is 294 g/mol. The second-order valence-electron chi connectivity index (χ2n) is 5.55. The Morgan fingerprint density at radius 2 is 2.09 bits per heavy atom. The topological polar surface area (TPSA) is 58.2 Å². The van der Waals surface area contributed by atoms with Gasteiger partial charge < -0.3 is 10.6 Å². The minimum atomic E-state index is -0.00597. The minimum absolute atomic E-state index is 0.00597. The molecule has 2 aromatic carbocycles. The second-order valence-corrected chi connectivity index (χ2v) is 5.55. The van der Waals surface area contributed by atoms with Crippen molar-refractivity contribution in [1.82, 2.24) is 5.32 Å². The number of anilines is 1. The predicted octanol–water partition coefficient (Wildman–Crippen LogP) is 2.45. The Kier molecular flexibility index (Phi) is 3.67. The van der Waals surface area contributed by atoms with Crippen LogP contribution in [0, 0.1) is 6.92 Å². The first-order valence-corrected chi connectivity index (χ1v) is 7.30. The quantitative estimate of drug-likeness (QED) is 0.913. The molecule has 0 aromatic heterocycles. The number of likely N-dealkylation sites (N-methyl/N-ethyl adjacent to an activating group) is 1. The smallest absolute Gasteiger partial charge is 0.228 e. The van der Waals surface area contributed by atoms with E-state index >= 15 is 0 Å². The maximum Gasteiger partial charge on any atom is 0.228 e. The Balaban J connectivity index is 2.05. The van der Waals surface area contributed by atoms with E-state index in [-0.39, 0.29) is 11.8 Å². The molecular formula is C18H18N2O2. The van der Waals surface area contributed by atoms with Crippen molar-refractivity contribution in [1.29, 1.82) is 0 Å². The highest BCUT2D eigenvalue weighted by molar-refractivity contribution is 5.99. The van der Waals surface area contributed by atoms with Crippen LogP contribution in [0.25, 0.3) is 11.1 Å². The Morgan fingerprint density at radius 3 is 2.86 bits per heavy atom. The number of fused-ring (bicyclic) bond motifs is 1. The van der Waals surface area contributed by atoms with Crippen LogP contribution in [0.4, 0.5) is 5.69 Å². The first-order chi connectivity index (χ1) is 10.6. The van der Waals surface area contributed by atoms with Gasteiger partial charge >= 0.3 is 0 Å². The largest absolute Gasteiger partial charge is 0.359 e. The number of nitrogens with one attached hydrogen (secondary N) is 2. The van der Waals surface area contributed by atoms with E-state index in [1.807, 2.05) is 43.3 Å². The summed E-state index contributed by atoms with van der Waals surface area (Å²) in [6.45, 7) is 2.01. The van der Waals surface area contributed by atoms with Crippen molar-refractivity contribution in [2.45, 2.75) is 19.8 Å². The average Bonchev–Trinajstić information content (AvgIpc) is 2.88. The highest BCUT2D eigenvalue weighted by Gasteiger charge is 2.19. The van der Waals surface area contributed by atoms with Crippen LogP contribution in [0.1, 0.15) is 16.7 Å². The van der Waals surface area contributed by atoms with Gasteiger partial charge in [-0.05, 0) is 46.9 Å². The van der Waals surface area contributed by atoms with Crippen molar-refractivity contribution in [2.24, 2.45) is 0 Å². The molecule has 2 N–H and O–H groups in total. The third kappa shape index (κ3) is 2.60. The summed E-state index contributed by atoms with van der Waals surface area (Å²) in [6, 6.07) is 12.0. The molecule has 0 saturated heterocycles. The molecule has 0 fully saturated rings. The summed E-state index contributed by atoms with van der Waals surface area (Å²) < 4.78 is 0. The molecule has 4 nitrogen and oxygen atoms in total. The molecule has 0 radical (unpaired) electrons. The molecule has 0 spiro atoms. The number of hydrogen-bond acceptors (Lipinski definition) is 2. The molecule has 112 valence electrons. The summed E-state index contributed by atoms with van der Waals surface area (Å²) >= 11 is 0. The fraction of sp³-hybridized carbons (Fsp3) is 0.222. The van der Waals surface area contributed by atoms with Crippen LogP contribution in [-0.2, 0) is 22.4 Å². The summed E-state index contributed by atoms with van der Waals surface area (Å²) in [6.07, 6.45) is 0.770. The lowest BCUT2D eigenvalue weighted by molar-refractivity contribution is -0.120. The summed E-state index contributed by atoms with van der Waals surface area (Å²) in [5.41, 5.74) is 6.10. The molecule has 0 unspecified atom stereocenters. The summed E-state index contributed by atoms with van der Waals surface area (Å²) in [7, 11) is 1.65. The Bertz CT molecular complexity index is 766. The van der Waals surface area contributed by atoms with Crippen LogP contribution in [0.2, 0.25) is 0 Å². The van der Waals surface area contributed by atoms with Crippen molar-refractivity contribution >= 4 is 17.5 Å². The predicted molar refractivity (Wildman–Crippen MR) is 86.7 cm³/mol. The third-order valence-electron chi connectivity index (χ3n) is 4.07. The van der Waals surface area contributed by atoms with Gasteiger partial charge in [0.2, 0.25) is 11.8 Å². The first-order valence-electron chi connectivity index (χ1n) is 7.30. The van der Waals surface area contributed by atoms with Crippen molar-refractivity contribution in [3.8, 4) is 11.1 Å². The lowest BCUT2D eigenvalue weighted by Crippen LogP contribution is -2.20. The number of rotatable bonds is 3. The maximum atomic E-state index is 11.8. The van der Waals surface area contributed by atoms with Crippen molar-refractivity contribution < 1.29 is 9.59 Å². The highest BCUT2D eigenvalue weighted by atomic mass is 16.2. The molecule has 1 aliphatic rings. The van der Waals surface area contributed by atoms with E-state index in [4.69, 9.17) is 0 Å². The van der Waals surface area contributed by atoms with E-state index in [0.29, 0.717) is 12.8 Å². The zero-order valence-corrected chi connectivity index (χ0v) is 12.7. The highest BCUT2D eigenvalue weighted by Crippen LogP contribution is 2.32. The van der Waals surface area contributed by atoms with Gasteiger partial charge in [0.1, 0.15) is 0 Å². The van der Waals surface area contributed by atoms with Crippen LogP contribution < -0.4 is 10.6 Å². The molecule has 0 saturated carbocycles. The van der Waals surface area contributed by atoms with Crippen molar-refractivity contribution in [3.63, 3.8) is 0 Å². The van der Waals surface area contributed by atoms with E-state index < -0.39 is 0 Å². The van der Waals surface area contributed by atoms with Gasteiger partial charge in [-0.2, -0.15) is 0 Å². The normalized spacial score (nSPS) is 12.7. The molecule has 0 bridgehead atoms. The molecule has 0 atom stereocenters. The van der Waals surface area contributed by atoms with Gasteiger partial charge in [-0.15, -0.1) is 0 Å². The molecule has 1 aliphatic heterocycles. The Labute approximate surface area is 129 Å². The van der Waals surface area contributed by atoms with Crippen LogP contribution in [-0.4, -0.2) is 18.9 Å². The van der Waals surface area contributed by atoms with Gasteiger partial charge in [0.05, 0.1) is 12.8 Å². The third-order valence-corrected chi connectivity index (χ3v) is 4.07. The van der Waals surface area contributed by atoms with Gasteiger partial charge in [-0.25, -0.2) is 0 Å². The Morgan fingerprint density at radius 1 is 1.27 bits per heavy atom. The fourth-order valence-corrected chi connectivity index (χ4v) is 2.85. The number of carbonyl (C=O) groups excluding carboxylic acids is 2. The van der Waals surface area contributed by atoms with Gasteiger partial charge in [0, 0.05) is 12.7 Å². The second kappa shape index (κ2) is 5.64. The molecule has 1 heterocycles. The number of hydrogen-bond donors (Lipinski definition) is 2. The zero-order valence-electron chi connectivity index (χ0n) is 12.7. The molecule has 4 heteroatoms. The minimum Gasteiger partial charge on any atom is -0.359 e. The number of amides is 2. The van der Waals surface area contributed by atoms with Gasteiger partial charge in [0.25, 0.3) is 0 Å². The van der Waals surface area contributed by atoms with Crippen molar-refractivity contribution in [3.05, 3.63) is 53.1 Å². The van der Waals surface area contributed by atoms with E-state index in [0.717, 1.165) is 33.5 Å².